The molecule has 1 heterocycles. The van der Waals surface area contributed by atoms with E-state index in [2.05, 4.69) is 4.98 Å². The Hall–Kier alpha value is -2.47. The summed E-state index contributed by atoms with van der Waals surface area (Å²) in [6.07, 6.45) is 0. The van der Waals surface area contributed by atoms with Gasteiger partial charge < -0.3 is 9.47 Å². The Morgan fingerprint density at radius 3 is 2.29 bits per heavy atom. The smallest absolute Gasteiger partial charge is 0.279 e. The zero-order chi connectivity index (χ0) is 17.1. The standard InChI is InChI=1S/C18H16FNO3S/c1-3-22-14-9-13-16(10-15(14)23-4-2)24-18(20-17(13)21)11-5-7-12(19)8-6-11/h5-10H,3-4H2,1-2H3. The van der Waals surface area contributed by atoms with Gasteiger partial charge in [-0.1, -0.05) is 0 Å². The zero-order valence-corrected chi connectivity index (χ0v) is 14.2. The molecule has 0 atom stereocenters. The minimum atomic E-state index is -0.341. The summed E-state index contributed by atoms with van der Waals surface area (Å²) in [5.41, 5.74) is 0.360. The quantitative estimate of drug-likeness (QED) is 0.693. The highest BCUT2D eigenvalue weighted by Gasteiger charge is 2.13. The Morgan fingerprint density at radius 1 is 1.04 bits per heavy atom. The number of benzene rings is 2. The van der Waals surface area contributed by atoms with Gasteiger partial charge in [-0.2, -0.15) is 4.98 Å². The van der Waals surface area contributed by atoms with E-state index < -0.39 is 0 Å². The summed E-state index contributed by atoms with van der Waals surface area (Å²) in [6.45, 7) is 4.73. The molecule has 0 aliphatic carbocycles. The minimum absolute atomic E-state index is 0.327. The van der Waals surface area contributed by atoms with Crippen LogP contribution in [0.3, 0.4) is 0 Å². The second-order valence-electron chi connectivity index (χ2n) is 4.99. The fourth-order valence-electron chi connectivity index (χ4n) is 2.32. The van der Waals surface area contributed by atoms with Crippen LogP contribution in [0.2, 0.25) is 0 Å². The molecule has 0 radical (unpaired) electrons. The molecule has 4 nitrogen and oxygen atoms in total. The molecule has 0 saturated carbocycles. The SMILES string of the molecule is CCOc1cc2sc(-c3ccc(F)cc3)nc(=O)c2cc1OCC. The van der Waals surface area contributed by atoms with Crippen LogP contribution in [0.1, 0.15) is 13.8 Å². The van der Waals surface area contributed by atoms with Gasteiger partial charge in [-0.15, -0.1) is 11.3 Å². The maximum atomic E-state index is 13.1. The van der Waals surface area contributed by atoms with Crippen molar-refractivity contribution in [2.45, 2.75) is 13.8 Å². The lowest BCUT2D eigenvalue weighted by atomic mass is 10.2. The van der Waals surface area contributed by atoms with Gasteiger partial charge in [-0.3, -0.25) is 4.79 Å². The molecule has 0 fully saturated rings. The number of nitrogens with zero attached hydrogens (tertiary/aromatic N) is 1. The lowest BCUT2D eigenvalue weighted by molar-refractivity contribution is 0.288. The molecule has 1 aromatic heterocycles. The highest BCUT2D eigenvalue weighted by atomic mass is 32.1. The summed E-state index contributed by atoms with van der Waals surface area (Å²) < 4.78 is 25.0. The molecule has 6 heteroatoms. The molecule has 2 aromatic carbocycles. The minimum Gasteiger partial charge on any atom is -0.490 e. The lowest BCUT2D eigenvalue weighted by Crippen LogP contribution is -2.07. The van der Waals surface area contributed by atoms with E-state index in [0.29, 0.717) is 40.7 Å². The first-order chi connectivity index (χ1) is 11.6. The average molecular weight is 345 g/mol. The third kappa shape index (κ3) is 3.23. The van der Waals surface area contributed by atoms with Crippen LogP contribution in [0.4, 0.5) is 4.39 Å². The molecule has 0 unspecified atom stereocenters. The van der Waals surface area contributed by atoms with Crippen LogP contribution < -0.4 is 15.0 Å². The number of halogens is 1. The van der Waals surface area contributed by atoms with E-state index in [0.717, 1.165) is 4.70 Å². The van der Waals surface area contributed by atoms with E-state index in [1.54, 1.807) is 24.3 Å². The second kappa shape index (κ2) is 6.97. The Kier molecular flexibility index (Phi) is 4.76. The lowest BCUT2D eigenvalue weighted by Gasteiger charge is -2.12. The van der Waals surface area contributed by atoms with Crippen LogP contribution in [0.15, 0.2) is 41.2 Å². The molecule has 0 spiro atoms. The molecule has 0 amide bonds. The number of aromatic nitrogens is 1. The highest BCUT2D eigenvalue weighted by Crippen LogP contribution is 2.35. The van der Waals surface area contributed by atoms with Crippen LogP contribution >= 0.6 is 11.3 Å². The summed E-state index contributed by atoms with van der Waals surface area (Å²) in [5, 5.41) is 1.02. The number of hydrogen-bond acceptors (Lipinski definition) is 5. The number of rotatable bonds is 5. The highest BCUT2D eigenvalue weighted by molar-refractivity contribution is 7.21. The fourth-order valence-corrected chi connectivity index (χ4v) is 3.34. The van der Waals surface area contributed by atoms with Gasteiger partial charge in [0.1, 0.15) is 10.8 Å². The Bertz CT molecular complexity index is 922. The maximum absolute atomic E-state index is 13.1. The van der Waals surface area contributed by atoms with Crippen LogP contribution in [0.25, 0.3) is 20.7 Å². The van der Waals surface area contributed by atoms with E-state index in [-0.39, 0.29) is 11.4 Å². The van der Waals surface area contributed by atoms with Crippen molar-refractivity contribution in [1.29, 1.82) is 0 Å². The van der Waals surface area contributed by atoms with E-state index in [1.807, 2.05) is 13.8 Å². The summed E-state index contributed by atoms with van der Waals surface area (Å²) in [7, 11) is 0. The van der Waals surface area contributed by atoms with Gasteiger partial charge in [0.05, 0.1) is 18.6 Å². The van der Waals surface area contributed by atoms with Gasteiger partial charge in [0.2, 0.25) is 0 Å². The van der Waals surface area contributed by atoms with Crippen LogP contribution in [-0.2, 0) is 0 Å². The van der Waals surface area contributed by atoms with E-state index in [9.17, 15) is 9.18 Å². The normalized spacial score (nSPS) is 10.8. The van der Waals surface area contributed by atoms with Gasteiger partial charge in [0.15, 0.2) is 11.5 Å². The largest absolute Gasteiger partial charge is 0.490 e. The molecule has 0 aliphatic heterocycles. The molecule has 0 bridgehead atoms. The van der Waals surface area contributed by atoms with Gasteiger partial charge in [-0.25, -0.2) is 4.39 Å². The second-order valence-corrected chi connectivity index (χ2v) is 6.02. The first kappa shape index (κ1) is 16.4. The van der Waals surface area contributed by atoms with Crippen LogP contribution in [-0.4, -0.2) is 18.2 Å². The van der Waals surface area contributed by atoms with Crippen molar-refractivity contribution in [2.24, 2.45) is 0 Å². The van der Waals surface area contributed by atoms with E-state index in [1.165, 1.54) is 23.5 Å². The summed E-state index contributed by atoms with van der Waals surface area (Å²) in [6, 6.07) is 9.38. The third-order valence-electron chi connectivity index (χ3n) is 3.38. The van der Waals surface area contributed by atoms with Gasteiger partial charge in [0.25, 0.3) is 5.56 Å². The summed E-state index contributed by atoms with van der Waals surface area (Å²) >= 11 is 1.36. The van der Waals surface area contributed by atoms with E-state index in [4.69, 9.17) is 9.47 Å². The Balaban J connectivity index is 2.17. The monoisotopic (exact) mass is 345 g/mol. The topological polar surface area (TPSA) is 48.4 Å². The average Bonchev–Trinajstić information content (AvgIpc) is 2.57. The third-order valence-corrected chi connectivity index (χ3v) is 4.45. The molecular weight excluding hydrogens is 329 g/mol. The Labute approximate surface area is 142 Å². The maximum Gasteiger partial charge on any atom is 0.279 e. The van der Waals surface area contributed by atoms with Crippen LogP contribution in [0.5, 0.6) is 11.5 Å². The molecule has 3 rings (SSSR count). The Morgan fingerprint density at radius 2 is 1.67 bits per heavy atom. The van der Waals surface area contributed by atoms with Crippen molar-refractivity contribution in [3.63, 3.8) is 0 Å². The zero-order valence-electron chi connectivity index (χ0n) is 13.3. The number of ether oxygens (including phenoxy) is 2. The van der Waals surface area contributed by atoms with Crippen molar-refractivity contribution in [2.75, 3.05) is 13.2 Å². The molecule has 124 valence electrons. The molecule has 0 N–H and O–H groups in total. The summed E-state index contributed by atoms with van der Waals surface area (Å²) in [5.74, 6) is 0.804. The van der Waals surface area contributed by atoms with Gasteiger partial charge in [-0.05, 0) is 44.2 Å². The molecule has 0 aliphatic rings. The summed E-state index contributed by atoms with van der Waals surface area (Å²) in [4.78, 5) is 16.5. The van der Waals surface area contributed by atoms with Crippen molar-refractivity contribution >= 4 is 21.4 Å². The predicted molar refractivity (Wildman–Crippen MR) is 93.6 cm³/mol. The molecule has 3 aromatic rings. The fraction of sp³-hybridized carbons (Fsp3) is 0.222. The van der Waals surface area contributed by atoms with Gasteiger partial charge in [0, 0.05) is 16.3 Å². The van der Waals surface area contributed by atoms with Crippen molar-refractivity contribution in [1.82, 2.24) is 4.98 Å². The van der Waals surface area contributed by atoms with Crippen molar-refractivity contribution in [3.05, 3.63) is 52.6 Å². The van der Waals surface area contributed by atoms with Crippen molar-refractivity contribution < 1.29 is 13.9 Å². The van der Waals surface area contributed by atoms with Crippen molar-refractivity contribution in [3.8, 4) is 22.1 Å². The first-order valence-corrected chi connectivity index (χ1v) is 8.44. The number of fused-ring (bicyclic) bond motifs is 1. The van der Waals surface area contributed by atoms with E-state index >= 15 is 0 Å². The van der Waals surface area contributed by atoms with Gasteiger partial charge >= 0.3 is 0 Å². The molecule has 24 heavy (non-hydrogen) atoms. The first-order valence-electron chi connectivity index (χ1n) is 7.62. The predicted octanol–water partition coefficient (Wildman–Crippen LogP) is 4.26. The van der Waals surface area contributed by atoms with Crippen LogP contribution in [0, 0.1) is 5.82 Å². The number of hydrogen-bond donors (Lipinski definition) is 0. The molecule has 0 saturated heterocycles. The molecular formula is C18H16FNO3S.